The van der Waals surface area contributed by atoms with Crippen LogP contribution in [0.25, 0.3) is 0 Å². The van der Waals surface area contributed by atoms with Crippen molar-refractivity contribution in [1.29, 1.82) is 0 Å². The molecular weight excluding hydrogens is 302 g/mol. The number of nitrogens with zero attached hydrogens (tertiary/aromatic N) is 2. The molecule has 2 heterocycles. The van der Waals surface area contributed by atoms with E-state index in [0.29, 0.717) is 0 Å². The van der Waals surface area contributed by atoms with Crippen LogP contribution in [0.15, 0.2) is 46.5 Å². The van der Waals surface area contributed by atoms with Crippen molar-refractivity contribution in [3.8, 4) is 0 Å². The lowest BCUT2D eigenvalue weighted by Crippen LogP contribution is -2.27. The van der Waals surface area contributed by atoms with E-state index < -0.39 is 15.6 Å². The maximum absolute atomic E-state index is 12.3. The Hall–Kier alpha value is -1.70. The van der Waals surface area contributed by atoms with Crippen LogP contribution in [0.2, 0.25) is 5.02 Å². The number of aromatic amines is 1. The van der Waals surface area contributed by atoms with E-state index in [-0.39, 0.29) is 16.5 Å². The first-order valence-electron chi connectivity index (χ1n) is 5.65. The third-order valence-corrected chi connectivity index (χ3v) is 4.76. The topological polar surface area (TPSA) is 83.1 Å². The number of hydrogen-bond acceptors (Lipinski definition) is 4. The normalized spacial score (nSPS) is 11.8. The lowest BCUT2D eigenvalue weighted by Gasteiger charge is -2.17. The summed E-state index contributed by atoms with van der Waals surface area (Å²) >= 11 is 5.65. The van der Waals surface area contributed by atoms with Gasteiger partial charge in [0.05, 0.1) is 4.90 Å². The van der Waals surface area contributed by atoms with Gasteiger partial charge in [0.25, 0.3) is 5.56 Å². The zero-order valence-electron chi connectivity index (χ0n) is 10.6. The molecule has 0 unspecified atom stereocenters. The fraction of sp³-hybridized carbons (Fsp3) is 0.167. The molecule has 0 aliphatic carbocycles. The fourth-order valence-corrected chi connectivity index (χ4v) is 2.99. The van der Waals surface area contributed by atoms with E-state index >= 15 is 0 Å². The van der Waals surface area contributed by atoms with Crippen LogP contribution in [0.4, 0.5) is 0 Å². The van der Waals surface area contributed by atoms with Crippen molar-refractivity contribution in [2.45, 2.75) is 11.4 Å². The summed E-state index contributed by atoms with van der Waals surface area (Å²) < 4.78 is 25.8. The van der Waals surface area contributed by atoms with Crippen molar-refractivity contribution in [3.63, 3.8) is 0 Å². The average molecular weight is 314 g/mol. The van der Waals surface area contributed by atoms with Gasteiger partial charge in [-0.25, -0.2) is 8.42 Å². The molecule has 0 spiro atoms. The minimum Gasteiger partial charge on any atom is -0.326 e. The largest absolute Gasteiger partial charge is 0.326 e. The van der Waals surface area contributed by atoms with Gasteiger partial charge in [0.15, 0.2) is 0 Å². The summed E-state index contributed by atoms with van der Waals surface area (Å²) in [6, 6.07) is 4.59. The summed E-state index contributed by atoms with van der Waals surface area (Å²) in [6.07, 6.45) is 4.31. The number of hydrogen-bond donors (Lipinski definition) is 1. The van der Waals surface area contributed by atoms with Crippen molar-refractivity contribution >= 4 is 21.6 Å². The summed E-state index contributed by atoms with van der Waals surface area (Å²) in [7, 11) is -2.26. The second kappa shape index (κ2) is 5.74. The Bertz CT molecular complexity index is 759. The van der Waals surface area contributed by atoms with Crippen LogP contribution in [0.5, 0.6) is 0 Å². The Morgan fingerprint density at radius 1 is 1.35 bits per heavy atom. The number of halogens is 1. The highest BCUT2D eigenvalue weighted by Gasteiger charge is 2.21. The van der Waals surface area contributed by atoms with E-state index in [1.54, 1.807) is 24.5 Å². The van der Waals surface area contributed by atoms with Crippen LogP contribution in [0.1, 0.15) is 5.56 Å². The Morgan fingerprint density at radius 3 is 2.60 bits per heavy atom. The molecule has 2 rings (SSSR count). The maximum Gasteiger partial charge on any atom is 0.266 e. The molecule has 106 valence electrons. The molecule has 0 saturated heterocycles. The quantitative estimate of drug-likeness (QED) is 0.920. The summed E-state index contributed by atoms with van der Waals surface area (Å²) in [5.74, 6) is 0. The zero-order chi connectivity index (χ0) is 14.8. The van der Waals surface area contributed by atoms with Crippen LogP contribution in [-0.4, -0.2) is 29.7 Å². The van der Waals surface area contributed by atoms with Gasteiger partial charge in [-0.1, -0.05) is 11.6 Å². The zero-order valence-corrected chi connectivity index (χ0v) is 12.1. The van der Waals surface area contributed by atoms with E-state index in [4.69, 9.17) is 11.6 Å². The molecule has 0 aromatic carbocycles. The van der Waals surface area contributed by atoms with Gasteiger partial charge in [-0.2, -0.15) is 4.31 Å². The maximum atomic E-state index is 12.3. The van der Waals surface area contributed by atoms with Crippen molar-refractivity contribution in [1.82, 2.24) is 14.3 Å². The lowest BCUT2D eigenvalue weighted by molar-refractivity contribution is 0.466. The number of H-pyrrole nitrogens is 1. The van der Waals surface area contributed by atoms with Gasteiger partial charge in [-0.05, 0) is 23.8 Å². The number of aromatic nitrogens is 2. The van der Waals surface area contributed by atoms with Crippen LogP contribution in [-0.2, 0) is 16.6 Å². The second-order valence-corrected chi connectivity index (χ2v) is 6.58. The summed E-state index contributed by atoms with van der Waals surface area (Å²) in [4.78, 5) is 17.3. The smallest absolute Gasteiger partial charge is 0.266 e. The average Bonchev–Trinajstić information content (AvgIpc) is 2.42. The summed E-state index contributed by atoms with van der Waals surface area (Å²) in [6.45, 7) is 0.196. The monoisotopic (exact) mass is 313 g/mol. The Morgan fingerprint density at radius 2 is 2.00 bits per heavy atom. The third kappa shape index (κ3) is 3.06. The van der Waals surface area contributed by atoms with E-state index in [9.17, 15) is 13.2 Å². The highest BCUT2D eigenvalue weighted by molar-refractivity contribution is 7.89. The molecule has 1 N–H and O–H groups in total. The predicted molar refractivity (Wildman–Crippen MR) is 75.0 cm³/mol. The van der Waals surface area contributed by atoms with Crippen LogP contribution in [0, 0.1) is 0 Å². The van der Waals surface area contributed by atoms with Crippen molar-refractivity contribution in [3.05, 3.63) is 57.7 Å². The molecule has 2 aromatic heterocycles. The van der Waals surface area contributed by atoms with Gasteiger partial charge in [0.1, 0.15) is 5.02 Å². The summed E-state index contributed by atoms with van der Waals surface area (Å²) in [5, 5.41) is -0.164. The first-order valence-corrected chi connectivity index (χ1v) is 7.46. The highest BCUT2D eigenvalue weighted by atomic mass is 35.5. The highest BCUT2D eigenvalue weighted by Crippen LogP contribution is 2.17. The van der Waals surface area contributed by atoms with Gasteiger partial charge in [-0.3, -0.25) is 9.78 Å². The minimum absolute atomic E-state index is 0.0568. The van der Waals surface area contributed by atoms with Gasteiger partial charge in [0, 0.05) is 32.2 Å². The molecule has 0 aliphatic rings. The molecule has 8 heteroatoms. The predicted octanol–water partition coefficient (Wildman–Crippen LogP) is 1.24. The Kier molecular flexibility index (Phi) is 4.22. The van der Waals surface area contributed by atoms with Gasteiger partial charge in [0.2, 0.25) is 10.0 Å². The van der Waals surface area contributed by atoms with Gasteiger partial charge >= 0.3 is 0 Å². The molecule has 0 bridgehead atoms. The van der Waals surface area contributed by atoms with Gasteiger partial charge in [-0.15, -0.1) is 0 Å². The Balaban J connectivity index is 2.30. The number of rotatable bonds is 4. The molecule has 2 aromatic rings. The van der Waals surface area contributed by atoms with E-state index in [2.05, 4.69) is 9.97 Å². The fourth-order valence-electron chi connectivity index (χ4n) is 1.60. The number of pyridine rings is 2. The van der Waals surface area contributed by atoms with Crippen LogP contribution < -0.4 is 5.56 Å². The molecule has 20 heavy (non-hydrogen) atoms. The minimum atomic E-state index is -3.72. The van der Waals surface area contributed by atoms with Gasteiger partial charge < -0.3 is 4.98 Å². The molecular formula is C12H12ClN3O3S. The molecule has 0 amide bonds. The first kappa shape index (κ1) is 14.7. The first-order chi connectivity index (χ1) is 9.41. The van der Waals surface area contributed by atoms with Crippen molar-refractivity contribution < 1.29 is 8.42 Å². The van der Waals surface area contributed by atoms with E-state index in [0.717, 1.165) is 17.8 Å². The Labute approximate surface area is 121 Å². The number of nitrogens with one attached hydrogen (secondary N) is 1. The molecule has 0 aliphatic heterocycles. The van der Waals surface area contributed by atoms with Crippen LogP contribution >= 0.6 is 11.6 Å². The molecule has 6 nitrogen and oxygen atoms in total. The standard InChI is InChI=1S/C12H12ClN3O3S/c1-16(8-9-2-4-14-5-3-9)20(18,19)10-6-11(13)12(17)15-7-10/h2-7H,8H2,1H3,(H,15,17). The van der Waals surface area contributed by atoms with Crippen molar-refractivity contribution in [2.24, 2.45) is 0 Å². The summed E-state index contributed by atoms with van der Waals surface area (Å²) in [5.41, 5.74) is 0.281. The number of sulfonamides is 1. The SMILES string of the molecule is CN(Cc1ccncc1)S(=O)(=O)c1c[nH]c(=O)c(Cl)c1. The van der Waals surface area contributed by atoms with Crippen molar-refractivity contribution in [2.75, 3.05) is 7.05 Å². The second-order valence-electron chi connectivity index (χ2n) is 4.13. The molecule has 0 radical (unpaired) electrons. The van der Waals surface area contributed by atoms with E-state index in [1.165, 1.54) is 11.4 Å². The van der Waals surface area contributed by atoms with E-state index in [1.807, 2.05) is 0 Å². The third-order valence-electron chi connectivity index (χ3n) is 2.69. The molecule has 0 atom stereocenters. The van der Waals surface area contributed by atoms with Crippen LogP contribution in [0.3, 0.4) is 0 Å². The molecule has 0 saturated carbocycles. The molecule has 0 fully saturated rings. The lowest BCUT2D eigenvalue weighted by atomic mass is 10.3.